The summed E-state index contributed by atoms with van der Waals surface area (Å²) in [5, 5.41) is 9.54. The topological polar surface area (TPSA) is 84.0 Å². The van der Waals surface area contributed by atoms with Gasteiger partial charge in [-0.3, -0.25) is 5.32 Å². The van der Waals surface area contributed by atoms with Crippen molar-refractivity contribution in [2.75, 3.05) is 38.7 Å². The molecule has 162 valence electrons. The van der Waals surface area contributed by atoms with Gasteiger partial charge in [-0.1, -0.05) is 25.0 Å². The largest absolute Gasteiger partial charge is 0.453 e. The van der Waals surface area contributed by atoms with Crippen LogP contribution in [0.2, 0.25) is 0 Å². The number of carbonyl (C=O) groups excluding carboxylic acids is 1. The summed E-state index contributed by atoms with van der Waals surface area (Å²) in [5.41, 5.74) is 2.09. The Balaban J connectivity index is 1.92. The summed E-state index contributed by atoms with van der Waals surface area (Å²) < 4.78 is 10.2. The molecule has 2 rings (SSSR count). The quantitative estimate of drug-likeness (QED) is 0.313. The normalized spacial score (nSPS) is 15.8. The summed E-state index contributed by atoms with van der Waals surface area (Å²) >= 11 is 0. The number of amides is 1. The summed E-state index contributed by atoms with van der Waals surface area (Å²) in [6, 6.07) is 7.62. The van der Waals surface area contributed by atoms with E-state index in [0.29, 0.717) is 17.6 Å². The summed E-state index contributed by atoms with van der Waals surface area (Å²) in [4.78, 5) is 16.0. The maximum absolute atomic E-state index is 11.3. The zero-order chi connectivity index (χ0) is 21.0. The lowest BCUT2D eigenvalue weighted by atomic mass is 9.83. The van der Waals surface area contributed by atoms with Crippen molar-refractivity contribution in [3.63, 3.8) is 0 Å². The lowest BCUT2D eigenvalue weighted by Gasteiger charge is -2.30. The molecular weight excluding hydrogens is 368 g/mol. The predicted molar refractivity (Wildman–Crippen MR) is 117 cm³/mol. The van der Waals surface area contributed by atoms with E-state index in [-0.39, 0.29) is 0 Å². The van der Waals surface area contributed by atoms with Gasteiger partial charge >= 0.3 is 6.09 Å². The zero-order valence-electron chi connectivity index (χ0n) is 18.1. The molecule has 0 radical (unpaired) electrons. The van der Waals surface area contributed by atoms with Gasteiger partial charge in [0.1, 0.15) is 0 Å². The van der Waals surface area contributed by atoms with E-state index in [9.17, 15) is 4.79 Å². The lowest BCUT2D eigenvalue weighted by Crippen LogP contribution is -2.43. The Labute approximate surface area is 174 Å². The van der Waals surface area contributed by atoms with Gasteiger partial charge in [0.25, 0.3) is 0 Å². The van der Waals surface area contributed by atoms with Crippen molar-refractivity contribution >= 4 is 17.7 Å². The minimum absolute atomic E-state index is 0.312. The summed E-state index contributed by atoms with van der Waals surface area (Å²) in [6.45, 7) is 8.05. The minimum atomic E-state index is -0.473. The molecule has 3 N–H and O–H groups in total. The van der Waals surface area contributed by atoms with Crippen LogP contribution in [0.25, 0.3) is 0 Å². The van der Waals surface area contributed by atoms with E-state index in [0.717, 1.165) is 44.2 Å². The van der Waals surface area contributed by atoms with Crippen LogP contribution in [0.15, 0.2) is 29.3 Å². The SMILES string of the molecule is CCNC(=NCc1ccc(NC(=O)OC)cc1)NCC1(CCOCC)CCCC1. The smallest absolute Gasteiger partial charge is 0.411 e. The highest BCUT2D eigenvalue weighted by Gasteiger charge is 2.33. The highest BCUT2D eigenvalue weighted by molar-refractivity contribution is 5.84. The number of aliphatic imine (C=N–C) groups is 1. The molecule has 1 saturated carbocycles. The zero-order valence-corrected chi connectivity index (χ0v) is 18.1. The molecule has 0 saturated heterocycles. The molecule has 1 aliphatic carbocycles. The fourth-order valence-electron chi connectivity index (χ4n) is 3.72. The van der Waals surface area contributed by atoms with Gasteiger partial charge in [0, 0.05) is 32.0 Å². The van der Waals surface area contributed by atoms with Crippen LogP contribution in [0.4, 0.5) is 10.5 Å². The molecule has 0 heterocycles. The van der Waals surface area contributed by atoms with Crippen LogP contribution in [0.1, 0.15) is 51.5 Å². The molecule has 7 heteroatoms. The number of guanidine groups is 1. The third-order valence-corrected chi connectivity index (χ3v) is 5.43. The number of nitrogens with zero attached hydrogens (tertiary/aromatic N) is 1. The van der Waals surface area contributed by atoms with Crippen molar-refractivity contribution in [3.8, 4) is 0 Å². The summed E-state index contributed by atoms with van der Waals surface area (Å²) in [5.74, 6) is 0.840. The molecule has 0 aliphatic heterocycles. The number of hydrogen-bond donors (Lipinski definition) is 3. The highest BCUT2D eigenvalue weighted by Crippen LogP contribution is 2.40. The molecule has 1 aromatic rings. The Morgan fingerprint density at radius 1 is 1.14 bits per heavy atom. The second kappa shape index (κ2) is 12.3. The van der Waals surface area contributed by atoms with E-state index in [1.54, 1.807) is 0 Å². The average Bonchev–Trinajstić information content (AvgIpc) is 3.20. The Hall–Kier alpha value is -2.28. The summed E-state index contributed by atoms with van der Waals surface area (Å²) in [7, 11) is 1.35. The van der Waals surface area contributed by atoms with Crippen LogP contribution in [0.3, 0.4) is 0 Å². The van der Waals surface area contributed by atoms with Crippen LogP contribution < -0.4 is 16.0 Å². The van der Waals surface area contributed by atoms with Gasteiger partial charge in [-0.15, -0.1) is 0 Å². The fraction of sp³-hybridized carbons (Fsp3) is 0.636. The van der Waals surface area contributed by atoms with Gasteiger partial charge in [-0.25, -0.2) is 9.79 Å². The maximum Gasteiger partial charge on any atom is 0.411 e. The monoisotopic (exact) mass is 404 g/mol. The molecule has 1 aliphatic rings. The molecule has 1 aromatic carbocycles. The third kappa shape index (κ3) is 7.93. The number of rotatable bonds is 10. The van der Waals surface area contributed by atoms with Crippen molar-refractivity contribution in [3.05, 3.63) is 29.8 Å². The number of carbonyl (C=O) groups is 1. The van der Waals surface area contributed by atoms with E-state index in [1.807, 2.05) is 31.2 Å². The van der Waals surface area contributed by atoms with Gasteiger partial charge in [-0.05, 0) is 56.2 Å². The van der Waals surface area contributed by atoms with Gasteiger partial charge in [0.05, 0.1) is 13.7 Å². The molecule has 1 amide bonds. The summed E-state index contributed by atoms with van der Waals surface area (Å²) in [6.07, 6.45) is 5.73. The Kier molecular flexibility index (Phi) is 9.77. The number of anilines is 1. The van der Waals surface area contributed by atoms with Crippen LogP contribution in [-0.4, -0.2) is 45.5 Å². The first-order valence-corrected chi connectivity index (χ1v) is 10.6. The average molecular weight is 405 g/mol. The number of benzene rings is 1. The molecule has 0 bridgehead atoms. The van der Waals surface area contributed by atoms with E-state index < -0.39 is 6.09 Å². The van der Waals surface area contributed by atoms with E-state index >= 15 is 0 Å². The van der Waals surface area contributed by atoms with Crippen LogP contribution in [-0.2, 0) is 16.0 Å². The van der Waals surface area contributed by atoms with E-state index in [1.165, 1.54) is 32.8 Å². The van der Waals surface area contributed by atoms with Gasteiger partial charge < -0.3 is 20.1 Å². The standard InChI is InChI=1S/C22H36N4O3/c1-4-23-20(25-17-22(12-6-7-13-22)14-15-29-5-2)24-16-18-8-10-19(11-9-18)26-21(27)28-3/h8-11H,4-7,12-17H2,1-3H3,(H,26,27)(H2,23,24,25). The fourth-order valence-corrected chi connectivity index (χ4v) is 3.72. The van der Waals surface area contributed by atoms with Crippen molar-refractivity contribution < 1.29 is 14.3 Å². The van der Waals surface area contributed by atoms with Crippen LogP contribution in [0.5, 0.6) is 0 Å². The molecule has 0 spiro atoms. The second-order valence-electron chi connectivity index (χ2n) is 7.52. The molecule has 0 unspecified atom stereocenters. The van der Waals surface area contributed by atoms with Crippen LogP contribution >= 0.6 is 0 Å². The molecule has 1 fully saturated rings. The van der Waals surface area contributed by atoms with Crippen molar-refractivity contribution in [1.29, 1.82) is 0 Å². The second-order valence-corrected chi connectivity index (χ2v) is 7.52. The Morgan fingerprint density at radius 2 is 1.86 bits per heavy atom. The van der Waals surface area contributed by atoms with Crippen molar-refractivity contribution in [1.82, 2.24) is 10.6 Å². The van der Waals surface area contributed by atoms with Gasteiger partial charge in [-0.2, -0.15) is 0 Å². The Bertz CT molecular complexity index is 640. The molecule has 0 aromatic heterocycles. The minimum Gasteiger partial charge on any atom is -0.453 e. The van der Waals surface area contributed by atoms with Crippen LogP contribution in [0, 0.1) is 5.41 Å². The van der Waals surface area contributed by atoms with E-state index in [4.69, 9.17) is 9.73 Å². The molecule has 0 atom stereocenters. The van der Waals surface area contributed by atoms with Crippen molar-refractivity contribution in [2.24, 2.45) is 10.4 Å². The first-order chi connectivity index (χ1) is 14.1. The molecule has 7 nitrogen and oxygen atoms in total. The number of ether oxygens (including phenoxy) is 2. The van der Waals surface area contributed by atoms with E-state index in [2.05, 4.69) is 27.6 Å². The Morgan fingerprint density at radius 3 is 2.48 bits per heavy atom. The lowest BCUT2D eigenvalue weighted by molar-refractivity contribution is 0.105. The highest BCUT2D eigenvalue weighted by atomic mass is 16.5. The van der Waals surface area contributed by atoms with Gasteiger partial charge in [0.15, 0.2) is 5.96 Å². The van der Waals surface area contributed by atoms with Crippen molar-refractivity contribution in [2.45, 2.75) is 52.5 Å². The molecule has 29 heavy (non-hydrogen) atoms. The first-order valence-electron chi connectivity index (χ1n) is 10.6. The number of hydrogen-bond acceptors (Lipinski definition) is 4. The predicted octanol–water partition coefficient (Wildman–Crippen LogP) is 3.91. The number of methoxy groups -OCH3 is 1. The molecular formula is C22H36N4O3. The maximum atomic E-state index is 11.3. The third-order valence-electron chi connectivity index (χ3n) is 5.43. The first kappa shape index (κ1) is 23.0. The number of nitrogens with one attached hydrogen (secondary N) is 3. The van der Waals surface area contributed by atoms with Gasteiger partial charge in [0.2, 0.25) is 0 Å².